The van der Waals surface area contributed by atoms with Gasteiger partial charge < -0.3 is 8.98 Å². The van der Waals surface area contributed by atoms with Gasteiger partial charge in [0.15, 0.2) is 0 Å². The van der Waals surface area contributed by atoms with E-state index in [1.807, 2.05) is 36.4 Å². The van der Waals surface area contributed by atoms with Crippen LogP contribution in [0.5, 0.6) is 0 Å². The molecule has 0 aliphatic carbocycles. The van der Waals surface area contributed by atoms with Gasteiger partial charge in [-0.25, -0.2) is 0 Å². The number of benzene rings is 5. The van der Waals surface area contributed by atoms with Gasteiger partial charge in [0, 0.05) is 33.2 Å². The second-order valence-electron chi connectivity index (χ2n) is 9.54. The summed E-state index contributed by atoms with van der Waals surface area (Å²) < 4.78 is 8.85. The summed E-state index contributed by atoms with van der Waals surface area (Å²) in [6.07, 6.45) is 0. The summed E-state index contributed by atoms with van der Waals surface area (Å²) in [7, 11) is 0. The van der Waals surface area contributed by atoms with Crippen LogP contribution in [0, 0.1) is 0 Å². The summed E-state index contributed by atoms with van der Waals surface area (Å²) in [6, 6.07) is 44.0. The molecule has 184 valence electrons. The Morgan fingerprint density at radius 2 is 1.26 bits per heavy atom. The zero-order valence-corrected chi connectivity index (χ0v) is 21.6. The van der Waals surface area contributed by atoms with Gasteiger partial charge in [-0.05, 0) is 36.4 Å². The Kier molecular flexibility index (Phi) is 4.96. The lowest BCUT2D eigenvalue weighted by Gasteiger charge is -2.09. The van der Waals surface area contributed by atoms with Crippen molar-refractivity contribution in [2.45, 2.75) is 0 Å². The number of nitrogens with zero attached hydrogens (tertiary/aromatic N) is 3. The summed E-state index contributed by atoms with van der Waals surface area (Å²) in [5, 5.41) is 14.2. The second kappa shape index (κ2) is 8.79. The molecule has 0 aliphatic rings. The van der Waals surface area contributed by atoms with Crippen LogP contribution in [0.25, 0.3) is 70.9 Å². The van der Waals surface area contributed by atoms with Gasteiger partial charge in [-0.15, -0.1) is 10.2 Å². The minimum Gasteiger partial charge on any atom is -0.455 e. The molecule has 3 heterocycles. The Hall–Kier alpha value is -5.00. The van der Waals surface area contributed by atoms with Crippen LogP contribution in [-0.4, -0.2) is 14.8 Å². The quantitative estimate of drug-likeness (QED) is 0.233. The molecule has 0 bridgehead atoms. The molecular weight excluding hydrogens is 498 g/mol. The van der Waals surface area contributed by atoms with Gasteiger partial charge in [0.1, 0.15) is 21.4 Å². The number of fused-ring (bicyclic) bond motifs is 5. The molecule has 0 saturated carbocycles. The first-order valence-electron chi connectivity index (χ1n) is 12.8. The molecule has 0 unspecified atom stereocenters. The molecule has 0 radical (unpaired) electrons. The molecule has 8 rings (SSSR count). The maximum absolute atomic E-state index is 6.53. The molecule has 0 amide bonds. The lowest BCUT2D eigenvalue weighted by atomic mass is 10.1. The van der Waals surface area contributed by atoms with Crippen molar-refractivity contribution >= 4 is 44.1 Å². The number of rotatable bonds is 4. The van der Waals surface area contributed by atoms with E-state index < -0.39 is 0 Å². The Morgan fingerprint density at radius 3 is 2.08 bits per heavy atom. The van der Waals surface area contributed by atoms with Crippen LogP contribution in [-0.2, 0) is 0 Å². The van der Waals surface area contributed by atoms with Gasteiger partial charge in [-0.1, -0.05) is 102 Å². The largest absolute Gasteiger partial charge is 0.455 e. The van der Waals surface area contributed by atoms with E-state index in [4.69, 9.17) is 4.42 Å². The SMILES string of the molecule is c1ccc(-c2cc3ccc4c(c5ccccc5n4-c4cccc(-c5nnc(-c6ccccc6)s5)c4)c3o2)cc1. The predicted octanol–water partition coefficient (Wildman–Crippen LogP) is 9.38. The summed E-state index contributed by atoms with van der Waals surface area (Å²) in [5.74, 6) is 0.877. The van der Waals surface area contributed by atoms with Crippen molar-refractivity contribution in [3.8, 4) is 38.2 Å². The monoisotopic (exact) mass is 519 g/mol. The van der Waals surface area contributed by atoms with E-state index in [1.54, 1.807) is 11.3 Å². The number of hydrogen-bond acceptors (Lipinski definition) is 4. The normalized spacial score (nSPS) is 11.6. The highest BCUT2D eigenvalue weighted by Gasteiger charge is 2.18. The van der Waals surface area contributed by atoms with Crippen molar-refractivity contribution in [1.82, 2.24) is 14.8 Å². The maximum atomic E-state index is 6.53. The average molecular weight is 520 g/mol. The van der Waals surface area contributed by atoms with Crippen molar-refractivity contribution in [2.75, 3.05) is 0 Å². The molecule has 0 N–H and O–H groups in total. The van der Waals surface area contributed by atoms with Gasteiger partial charge in [0.25, 0.3) is 0 Å². The van der Waals surface area contributed by atoms with Crippen LogP contribution < -0.4 is 0 Å². The average Bonchev–Trinajstić information content (AvgIpc) is 3.74. The van der Waals surface area contributed by atoms with E-state index in [2.05, 4.69) is 106 Å². The molecule has 5 heteroatoms. The summed E-state index contributed by atoms with van der Waals surface area (Å²) >= 11 is 1.61. The molecule has 4 nitrogen and oxygen atoms in total. The Labute approximate surface area is 228 Å². The topological polar surface area (TPSA) is 43.9 Å². The third kappa shape index (κ3) is 3.59. The third-order valence-electron chi connectivity index (χ3n) is 7.18. The third-order valence-corrected chi connectivity index (χ3v) is 8.20. The molecule has 39 heavy (non-hydrogen) atoms. The van der Waals surface area contributed by atoms with E-state index >= 15 is 0 Å². The minimum atomic E-state index is 0.877. The van der Waals surface area contributed by atoms with E-state index in [-0.39, 0.29) is 0 Å². The number of furan rings is 1. The standard InChI is InChI=1S/C34H21N3OS/c1-3-10-22(11-4-1)30-21-24-18-19-29-31(32(24)38-30)27-16-7-8-17-28(27)37(29)26-15-9-14-25(20-26)34-36-35-33(39-34)23-12-5-2-6-13-23/h1-21H. The van der Waals surface area contributed by atoms with Crippen molar-refractivity contribution < 1.29 is 4.42 Å². The van der Waals surface area contributed by atoms with Crippen molar-refractivity contribution in [3.05, 3.63) is 127 Å². The van der Waals surface area contributed by atoms with Gasteiger partial charge in [0.05, 0.1) is 16.4 Å². The zero-order chi connectivity index (χ0) is 25.8. The van der Waals surface area contributed by atoms with Crippen LogP contribution in [0.4, 0.5) is 0 Å². The first kappa shape index (κ1) is 22.0. The summed E-state index contributed by atoms with van der Waals surface area (Å²) in [5.41, 5.74) is 7.43. The summed E-state index contributed by atoms with van der Waals surface area (Å²) in [6.45, 7) is 0. The predicted molar refractivity (Wildman–Crippen MR) is 160 cm³/mol. The zero-order valence-electron chi connectivity index (χ0n) is 20.8. The number of aromatic nitrogens is 3. The first-order valence-corrected chi connectivity index (χ1v) is 13.7. The molecule has 3 aromatic heterocycles. The van der Waals surface area contributed by atoms with Gasteiger partial charge in [0.2, 0.25) is 0 Å². The molecule has 0 spiro atoms. The Morgan fingerprint density at radius 1 is 0.564 bits per heavy atom. The number of hydrogen-bond donors (Lipinski definition) is 0. The number of para-hydroxylation sites is 1. The highest BCUT2D eigenvalue weighted by Crippen LogP contribution is 2.40. The Bertz CT molecular complexity index is 2120. The highest BCUT2D eigenvalue weighted by molar-refractivity contribution is 7.17. The fourth-order valence-electron chi connectivity index (χ4n) is 5.39. The highest BCUT2D eigenvalue weighted by atomic mass is 32.1. The van der Waals surface area contributed by atoms with Gasteiger partial charge in [-0.3, -0.25) is 0 Å². The molecule has 0 fully saturated rings. The summed E-state index contributed by atoms with van der Waals surface area (Å²) in [4.78, 5) is 0. The van der Waals surface area contributed by atoms with E-state index in [9.17, 15) is 0 Å². The molecule has 0 atom stereocenters. The van der Waals surface area contributed by atoms with Crippen LogP contribution in [0.2, 0.25) is 0 Å². The molecule has 0 aliphatic heterocycles. The second-order valence-corrected chi connectivity index (χ2v) is 10.5. The van der Waals surface area contributed by atoms with Crippen LogP contribution in [0.1, 0.15) is 0 Å². The molecule has 0 saturated heterocycles. The van der Waals surface area contributed by atoms with E-state index in [0.29, 0.717) is 0 Å². The van der Waals surface area contributed by atoms with Gasteiger partial charge >= 0.3 is 0 Å². The molecular formula is C34H21N3OS. The minimum absolute atomic E-state index is 0.877. The molecule has 8 aromatic rings. The van der Waals surface area contributed by atoms with Crippen molar-refractivity contribution in [2.24, 2.45) is 0 Å². The van der Waals surface area contributed by atoms with E-state index in [0.717, 1.165) is 65.5 Å². The molecule has 5 aromatic carbocycles. The first-order chi connectivity index (χ1) is 19.3. The van der Waals surface area contributed by atoms with Crippen LogP contribution >= 0.6 is 11.3 Å². The fourth-order valence-corrected chi connectivity index (χ4v) is 6.23. The van der Waals surface area contributed by atoms with Crippen molar-refractivity contribution in [1.29, 1.82) is 0 Å². The smallest absolute Gasteiger partial charge is 0.148 e. The maximum Gasteiger partial charge on any atom is 0.148 e. The van der Waals surface area contributed by atoms with Gasteiger partial charge in [-0.2, -0.15) is 0 Å². The van der Waals surface area contributed by atoms with Crippen LogP contribution in [0.15, 0.2) is 132 Å². The van der Waals surface area contributed by atoms with Crippen LogP contribution in [0.3, 0.4) is 0 Å². The lowest BCUT2D eigenvalue weighted by Crippen LogP contribution is -1.94. The lowest BCUT2D eigenvalue weighted by molar-refractivity contribution is 0.635. The van der Waals surface area contributed by atoms with E-state index in [1.165, 1.54) is 5.39 Å². The fraction of sp³-hybridized carbons (Fsp3) is 0. The van der Waals surface area contributed by atoms with Crippen molar-refractivity contribution in [3.63, 3.8) is 0 Å². The Balaban J connectivity index is 1.31.